The highest BCUT2D eigenvalue weighted by atomic mass is 32.2. The molecule has 1 atom stereocenters. The van der Waals surface area contributed by atoms with Crippen molar-refractivity contribution in [3.8, 4) is 0 Å². The van der Waals surface area contributed by atoms with Crippen molar-refractivity contribution in [1.29, 1.82) is 0 Å². The number of nitrogens with one attached hydrogen (secondary N) is 3. The van der Waals surface area contributed by atoms with Crippen LogP contribution < -0.4 is 15.4 Å². The van der Waals surface area contributed by atoms with Gasteiger partial charge in [0.1, 0.15) is 12.6 Å². The van der Waals surface area contributed by atoms with Gasteiger partial charge < -0.3 is 20.5 Å². The summed E-state index contributed by atoms with van der Waals surface area (Å²) in [5.74, 6) is -1.17. The Labute approximate surface area is 257 Å². The fraction of sp³-hybridized carbons (Fsp3) is 0.576. The smallest absolute Gasteiger partial charge is 0.408 e. The van der Waals surface area contributed by atoms with Crippen LogP contribution in [0.5, 0.6) is 0 Å². The van der Waals surface area contributed by atoms with Gasteiger partial charge >= 0.3 is 12.1 Å². The van der Waals surface area contributed by atoms with Gasteiger partial charge in [0.2, 0.25) is 10.0 Å². The van der Waals surface area contributed by atoms with Crippen molar-refractivity contribution in [3.05, 3.63) is 65.7 Å². The normalized spacial score (nSPS) is 16.9. The van der Waals surface area contributed by atoms with Gasteiger partial charge in [-0.3, -0.25) is 0 Å². The van der Waals surface area contributed by atoms with Crippen molar-refractivity contribution in [2.45, 2.75) is 120 Å². The molecule has 0 aliphatic heterocycles. The van der Waals surface area contributed by atoms with Crippen LogP contribution in [0.15, 0.2) is 59.5 Å². The number of aryl methyl sites for hydroxylation is 1. The van der Waals surface area contributed by atoms with Crippen LogP contribution in [0.4, 0.5) is 4.79 Å². The third-order valence-electron chi connectivity index (χ3n) is 8.03. The van der Waals surface area contributed by atoms with Crippen LogP contribution in [0.25, 0.3) is 0 Å². The number of benzene rings is 2. The van der Waals surface area contributed by atoms with E-state index in [0.717, 1.165) is 23.2 Å². The van der Waals surface area contributed by atoms with Gasteiger partial charge in [-0.25, -0.2) is 22.7 Å². The lowest BCUT2D eigenvalue weighted by molar-refractivity contribution is -0.139. The number of alkyl carbamates (subject to hydrolysis) is 1. The second kappa shape index (κ2) is 18.7. The van der Waals surface area contributed by atoms with Crippen LogP contribution in [0.2, 0.25) is 0 Å². The summed E-state index contributed by atoms with van der Waals surface area (Å²) >= 11 is 0. The number of carbonyl (C=O) groups is 2. The van der Waals surface area contributed by atoms with Crippen LogP contribution >= 0.6 is 0 Å². The topological polar surface area (TPSA) is 134 Å². The third kappa shape index (κ3) is 13.5. The first kappa shape index (κ1) is 34.5. The van der Waals surface area contributed by atoms with Crippen molar-refractivity contribution in [2.24, 2.45) is 0 Å². The average molecular weight is 616 g/mol. The lowest BCUT2D eigenvalue weighted by Crippen LogP contribution is -2.41. The maximum Gasteiger partial charge on any atom is 0.408 e. The molecule has 9 nitrogen and oxygen atoms in total. The zero-order valence-corrected chi connectivity index (χ0v) is 26.2. The fourth-order valence-electron chi connectivity index (χ4n) is 5.52. The summed E-state index contributed by atoms with van der Waals surface area (Å²) < 4.78 is 31.9. The van der Waals surface area contributed by atoms with Crippen molar-refractivity contribution in [3.63, 3.8) is 0 Å². The Morgan fingerprint density at radius 2 is 1.44 bits per heavy atom. The molecule has 0 bridgehead atoms. The van der Waals surface area contributed by atoms with E-state index in [1.54, 1.807) is 24.3 Å². The standard InChI is InChI=1S/C21H26N2O6S.C12H23N/c1-16-10-12-18(13-11-16)30(27,28)22-14-6-5-9-19(20(24)25)23-21(26)29-15-17-7-3-2-4-8-17;1-3-7-11(8-4-1)13-12-9-5-2-6-10-12/h2-4,7-8,10-13,19,22H,5-6,9,14-15H2,1H3,(H,23,26)(H,24,25);11-13H,1-10H2. The fourth-order valence-corrected chi connectivity index (χ4v) is 6.59. The zero-order valence-electron chi connectivity index (χ0n) is 25.4. The number of sulfonamides is 1. The van der Waals surface area contributed by atoms with E-state index in [1.165, 1.54) is 76.3 Å². The molecule has 1 unspecified atom stereocenters. The summed E-state index contributed by atoms with van der Waals surface area (Å²) in [5.41, 5.74) is 1.75. The van der Waals surface area contributed by atoms with Gasteiger partial charge in [0, 0.05) is 18.6 Å². The van der Waals surface area contributed by atoms with E-state index < -0.39 is 28.1 Å². The summed E-state index contributed by atoms with van der Waals surface area (Å²) in [5, 5.41) is 15.5. The van der Waals surface area contributed by atoms with Gasteiger partial charge in [-0.1, -0.05) is 86.6 Å². The quantitative estimate of drug-likeness (QED) is 0.201. The lowest BCUT2D eigenvalue weighted by Gasteiger charge is -2.30. The molecule has 0 aromatic heterocycles. The molecule has 0 heterocycles. The van der Waals surface area contributed by atoms with Crippen molar-refractivity contribution >= 4 is 22.1 Å². The van der Waals surface area contributed by atoms with Crippen molar-refractivity contribution in [1.82, 2.24) is 15.4 Å². The lowest BCUT2D eigenvalue weighted by atomic mass is 9.91. The van der Waals surface area contributed by atoms with Crippen molar-refractivity contribution < 1.29 is 27.9 Å². The monoisotopic (exact) mass is 615 g/mol. The van der Waals surface area contributed by atoms with E-state index in [4.69, 9.17) is 4.74 Å². The number of hydrogen-bond donors (Lipinski definition) is 4. The number of carboxylic acids is 1. The SMILES string of the molecule is C1CCC(NC2CCCCC2)CC1.Cc1ccc(S(=O)(=O)NCCCCC(NC(=O)OCc2ccccc2)C(=O)O)cc1. The van der Waals surface area contributed by atoms with Gasteiger partial charge in [0.25, 0.3) is 0 Å². The molecule has 0 radical (unpaired) electrons. The van der Waals surface area contributed by atoms with E-state index in [2.05, 4.69) is 15.4 Å². The Balaban J connectivity index is 0.000000321. The second-order valence-corrected chi connectivity index (χ2v) is 13.4. The molecule has 2 aliphatic carbocycles. The molecule has 10 heteroatoms. The van der Waals surface area contributed by atoms with Crippen LogP contribution in [0.3, 0.4) is 0 Å². The van der Waals surface area contributed by atoms with Gasteiger partial charge in [0.05, 0.1) is 4.90 Å². The van der Waals surface area contributed by atoms with Crippen LogP contribution in [0, 0.1) is 6.92 Å². The van der Waals surface area contributed by atoms with E-state index in [1.807, 2.05) is 25.1 Å². The summed E-state index contributed by atoms with van der Waals surface area (Å²) in [6.45, 7) is 2.08. The van der Waals surface area contributed by atoms with Crippen LogP contribution in [0.1, 0.15) is 94.6 Å². The van der Waals surface area contributed by atoms with Gasteiger partial charge in [-0.2, -0.15) is 0 Å². The van der Waals surface area contributed by atoms with E-state index in [9.17, 15) is 23.1 Å². The third-order valence-corrected chi connectivity index (χ3v) is 9.50. The number of ether oxygens (including phenoxy) is 1. The molecule has 43 heavy (non-hydrogen) atoms. The molecule has 0 saturated heterocycles. The number of hydrogen-bond acceptors (Lipinski definition) is 6. The zero-order chi connectivity index (χ0) is 30.9. The molecular weight excluding hydrogens is 566 g/mol. The maximum absolute atomic E-state index is 12.2. The minimum Gasteiger partial charge on any atom is -0.480 e. The van der Waals surface area contributed by atoms with E-state index >= 15 is 0 Å². The van der Waals surface area contributed by atoms with Crippen LogP contribution in [-0.2, 0) is 26.2 Å². The molecule has 4 rings (SSSR count). The summed E-state index contributed by atoms with van der Waals surface area (Å²) in [6, 6.07) is 16.2. The average Bonchev–Trinajstić information content (AvgIpc) is 3.01. The minimum atomic E-state index is -3.60. The van der Waals surface area contributed by atoms with Gasteiger partial charge in [-0.15, -0.1) is 0 Å². The van der Waals surface area contributed by atoms with Crippen LogP contribution in [-0.4, -0.2) is 50.3 Å². The summed E-state index contributed by atoms with van der Waals surface area (Å²) in [7, 11) is -3.60. The number of carboxylic acid groups (broad SMARTS) is 1. The predicted octanol–water partition coefficient (Wildman–Crippen LogP) is 6.06. The van der Waals surface area contributed by atoms with E-state index in [0.29, 0.717) is 12.8 Å². The Hall–Kier alpha value is -2.95. The van der Waals surface area contributed by atoms with Gasteiger partial charge in [0.15, 0.2) is 0 Å². The number of amides is 1. The highest BCUT2D eigenvalue weighted by molar-refractivity contribution is 7.89. The first-order chi connectivity index (χ1) is 20.7. The molecule has 2 saturated carbocycles. The molecule has 0 spiro atoms. The second-order valence-electron chi connectivity index (χ2n) is 11.6. The number of rotatable bonds is 13. The maximum atomic E-state index is 12.2. The number of unbranched alkanes of at least 4 members (excludes halogenated alkanes) is 1. The summed E-state index contributed by atoms with van der Waals surface area (Å²) in [4.78, 5) is 23.4. The Kier molecular flexibility index (Phi) is 15.0. The number of carbonyl (C=O) groups excluding carboxylic acids is 1. The molecule has 238 valence electrons. The molecule has 4 N–H and O–H groups in total. The minimum absolute atomic E-state index is 0.0415. The largest absolute Gasteiger partial charge is 0.480 e. The molecule has 2 aliphatic rings. The van der Waals surface area contributed by atoms with E-state index in [-0.39, 0.29) is 24.5 Å². The Morgan fingerprint density at radius 3 is 2.00 bits per heavy atom. The van der Waals surface area contributed by atoms with Gasteiger partial charge in [-0.05, 0) is 69.6 Å². The first-order valence-corrected chi connectivity index (χ1v) is 17.2. The van der Waals surface area contributed by atoms with Crippen molar-refractivity contribution in [2.75, 3.05) is 6.54 Å². The highest BCUT2D eigenvalue weighted by Gasteiger charge is 2.21. The predicted molar refractivity (Wildman–Crippen MR) is 168 cm³/mol. The summed E-state index contributed by atoms with van der Waals surface area (Å²) in [6.07, 6.45) is 14.7. The molecule has 1 amide bonds. The molecule has 2 aromatic carbocycles. The highest BCUT2D eigenvalue weighted by Crippen LogP contribution is 2.22. The number of aliphatic carboxylic acids is 1. The molecular formula is C33H49N3O6S. The Bertz CT molecular complexity index is 1180. The Morgan fingerprint density at radius 1 is 0.860 bits per heavy atom. The first-order valence-electron chi connectivity index (χ1n) is 15.8. The molecule has 2 aromatic rings. The molecule has 2 fully saturated rings.